The molecule has 0 N–H and O–H groups in total. The van der Waals surface area contributed by atoms with Crippen LogP contribution < -0.4 is 0 Å². The van der Waals surface area contributed by atoms with Crippen LogP contribution in [-0.4, -0.2) is 13.1 Å². The average molecular weight is 197 g/mol. The fourth-order valence-corrected chi connectivity index (χ4v) is 1.18. The van der Waals surface area contributed by atoms with Crippen LogP contribution in [0.3, 0.4) is 0 Å². The van der Waals surface area contributed by atoms with Crippen LogP contribution in [0.4, 0.5) is 0 Å². The summed E-state index contributed by atoms with van der Waals surface area (Å²) >= 11 is 5.74. The van der Waals surface area contributed by atoms with Crippen molar-refractivity contribution in [1.82, 2.24) is 0 Å². The van der Waals surface area contributed by atoms with Crippen molar-refractivity contribution in [1.29, 1.82) is 0 Å². The van der Waals surface area contributed by atoms with Crippen LogP contribution >= 0.6 is 11.6 Å². The van der Waals surface area contributed by atoms with Crippen LogP contribution in [0, 0.1) is 0 Å². The zero-order valence-electron chi connectivity index (χ0n) is 7.21. The molecule has 0 aliphatic rings. The van der Waals surface area contributed by atoms with Crippen LogP contribution in [-0.2, 0) is 4.74 Å². The van der Waals surface area contributed by atoms with E-state index in [1.165, 1.54) is 7.11 Å². The van der Waals surface area contributed by atoms with Gasteiger partial charge in [0.15, 0.2) is 0 Å². The van der Waals surface area contributed by atoms with E-state index in [0.717, 1.165) is 0 Å². The van der Waals surface area contributed by atoms with Crippen LogP contribution in [0.5, 0.6) is 0 Å². The standard InChI is InChI=1S/C10H9ClO2/c1-3-7-6-8(11)4-5-9(7)10(12)13-2/h3-6H,1H2,2H3. The fourth-order valence-electron chi connectivity index (χ4n) is 0.998. The molecule has 68 valence electrons. The van der Waals surface area contributed by atoms with Gasteiger partial charge in [-0.3, -0.25) is 0 Å². The summed E-state index contributed by atoms with van der Waals surface area (Å²) in [6, 6.07) is 4.92. The fraction of sp³-hybridized carbons (Fsp3) is 0.100. The predicted molar refractivity (Wildman–Crippen MR) is 52.9 cm³/mol. The number of halogens is 1. The summed E-state index contributed by atoms with van der Waals surface area (Å²) in [6.07, 6.45) is 1.57. The maximum absolute atomic E-state index is 11.2. The molecular formula is C10H9ClO2. The summed E-state index contributed by atoms with van der Waals surface area (Å²) < 4.78 is 4.59. The highest BCUT2D eigenvalue weighted by atomic mass is 35.5. The molecule has 0 unspecified atom stereocenters. The molecular weight excluding hydrogens is 188 g/mol. The van der Waals surface area contributed by atoms with E-state index >= 15 is 0 Å². The van der Waals surface area contributed by atoms with Crippen LogP contribution in [0.2, 0.25) is 5.02 Å². The molecule has 0 atom stereocenters. The first-order chi connectivity index (χ1) is 6.19. The first-order valence-electron chi connectivity index (χ1n) is 3.69. The van der Waals surface area contributed by atoms with Gasteiger partial charge < -0.3 is 4.74 Å². The molecule has 2 nitrogen and oxygen atoms in total. The second-order valence-corrected chi connectivity index (χ2v) is 2.86. The van der Waals surface area contributed by atoms with Crippen molar-refractivity contribution in [2.24, 2.45) is 0 Å². The Kier molecular flexibility index (Phi) is 3.09. The lowest BCUT2D eigenvalue weighted by molar-refractivity contribution is 0.0600. The molecule has 1 aromatic carbocycles. The Morgan fingerprint density at radius 2 is 2.31 bits per heavy atom. The van der Waals surface area contributed by atoms with Crippen molar-refractivity contribution in [2.45, 2.75) is 0 Å². The van der Waals surface area contributed by atoms with Gasteiger partial charge in [0.25, 0.3) is 0 Å². The Labute approximate surface area is 81.8 Å². The number of methoxy groups -OCH3 is 1. The summed E-state index contributed by atoms with van der Waals surface area (Å²) in [5.41, 5.74) is 1.15. The topological polar surface area (TPSA) is 26.3 Å². The number of esters is 1. The van der Waals surface area contributed by atoms with Crippen molar-refractivity contribution in [3.8, 4) is 0 Å². The smallest absolute Gasteiger partial charge is 0.338 e. The second kappa shape index (κ2) is 4.10. The maximum atomic E-state index is 11.2. The van der Waals surface area contributed by atoms with E-state index in [-0.39, 0.29) is 5.97 Å². The van der Waals surface area contributed by atoms with E-state index in [1.54, 1.807) is 24.3 Å². The van der Waals surface area contributed by atoms with Gasteiger partial charge >= 0.3 is 5.97 Å². The van der Waals surface area contributed by atoms with Gasteiger partial charge in [-0.2, -0.15) is 0 Å². The van der Waals surface area contributed by atoms with E-state index < -0.39 is 0 Å². The Morgan fingerprint density at radius 1 is 1.62 bits per heavy atom. The molecule has 0 bridgehead atoms. The van der Waals surface area contributed by atoms with Crippen LogP contribution in [0.25, 0.3) is 6.08 Å². The summed E-state index contributed by atoms with van der Waals surface area (Å²) in [5.74, 6) is -0.383. The van der Waals surface area contributed by atoms with Crippen molar-refractivity contribution < 1.29 is 9.53 Å². The minimum Gasteiger partial charge on any atom is -0.465 e. The van der Waals surface area contributed by atoms with Crippen molar-refractivity contribution in [3.63, 3.8) is 0 Å². The van der Waals surface area contributed by atoms with Crippen LogP contribution in [0.1, 0.15) is 15.9 Å². The van der Waals surface area contributed by atoms with Crippen molar-refractivity contribution in [3.05, 3.63) is 40.9 Å². The maximum Gasteiger partial charge on any atom is 0.338 e. The number of carbonyl (C=O) groups is 1. The molecule has 0 spiro atoms. The van der Waals surface area contributed by atoms with Gasteiger partial charge in [-0.15, -0.1) is 0 Å². The van der Waals surface area contributed by atoms with Gasteiger partial charge in [-0.05, 0) is 23.8 Å². The Morgan fingerprint density at radius 3 is 2.85 bits per heavy atom. The molecule has 0 fully saturated rings. The molecule has 0 heterocycles. The third-order valence-corrected chi connectivity index (χ3v) is 1.87. The van der Waals surface area contributed by atoms with Crippen molar-refractivity contribution >= 4 is 23.6 Å². The first kappa shape index (κ1) is 9.81. The number of carbonyl (C=O) groups excluding carboxylic acids is 1. The van der Waals surface area contributed by atoms with E-state index in [0.29, 0.717) is 16.1 Å². The Hall–Kier alpha value is -1.28. The van der Waals surface area contributed by atoms with Gasteiger partial charge in [-0.1, -0.05) is 24.3 Å². The van der Waals surface area contributed by atoms with Crippen LogP contribution in [0.15, 0.2) is 24.8 Å². The van der Waals surface area contributed by atoms with Gasteiger partial charge in [-0.25, -0.2) is 4.79 Å². The molecule has 0 radical (unpaired) electrons. The highest BCUT2D eigenvalue weighted by Crippen LogP contribution is 2.17. The lowest BCUT2D eigenvalue weighted by Crippen LogP contribution is -2.03. The summed E-state index contributed by atoms with van der Waals surface area (Å²) in [4.78, 5) is 11.2. The van der Waals surface area contributed by atoms with E-state index in [9.17, 15) is 4.79 Å². The summed E-state index contributed by atoms with van der Waals surface area (Å²) in [7, 11) is 1.34. The zero-order valence-corrected chi connectivity index (χ0v) is 7.97. The van der Waals surface area contributed by atoms with Crippen molar-refractivity contribution in [2.75, 3.05) is 7.11 Å². The summed E-state index contributed by atoms with van der Waals surface area (Å²) in [5, 5.41) is 0.572. The minimum absolute atomic E-state index is 0.383. The molecule has 0 aliphatic heterocycles. The lowest BCUT2D eigenvalue weighted by atomic mass is 10.1. The zero-order chi connectivity index (χ0) is 9.84. The Balaban J connectivity index is 3.20. The van der Waals surface area contributed by atoms with Gasteiger partial charge in [0, 0.05) is 5.02 Å². The van der Waals surface area contributed by atoms with Gasteiger partial charge in [0.1, 0.15) is 0 Å². The molecule has 0 amide bonds. The van der Waals surface area contributed by atoms with E-state index in [4.69, 9.17) is 11.6 Å². The summed E-state index contributed by atoms with van der Waals surface area (Å²) in [6.45, 7) is 3.58. The molecule has 0 aromatic heterocycles. The van der Waals surface area contributed by atoms with E-state index in [1.807, 2.05) is 0 Å². The minimum atomic E-state index is -0.383. The predicted octanol–water partition coefficient (Wildman–Crippen LogP) is 2.77. The van der Waals surface area contributed by atoms with Gasteiger partial charge in [0.05, 0.1) is 12.7 Å². The number of ether oxygens (including phenoxy) is 1. The number of benzene rings is 1. The SMILES string of the molecule is C=Cc1cc(Cl)ccc1C(=O)OC. The number of hydrogen-bond acceptors (Lipinski definition) is 2. The van der Waals surface area contributed by atoms with E-state index in [2.05, 4.69) is 11.3 Å². The average Bonchev–Trinajstić information content (AvgIpc) is 2.16. The largest absolute Gasteiger partial charge is 0.465 e. The molecule has 0 aliphatic carbocycles. The number of hydrogen-bond donors (Lipinski definition) is 0. The first-order valence-corrected chi connectivity index (χ1v) is 4.07. The normalized spacial score (nSPS) is 9.38. The quantitative estimate of drug-likeness (QED) is 0.680. The van der Waals surface area contributed by atoms with Gasteiger partial charge in [0.2, 0.25) is 0 Å². The Bertz CT molecular complexity index is 345. The highest BCUT2D eigenvalue weighted by Gasteiger charge is 2.09. The third kappa shape index (κ3) is 2.10. The monoisotopic (exact) mass is 196 g/mol. The lowest BCUT2D eigenvalue weighted by Gasteiger charge is -2.03. The molecule has 13 heavy (non-hydrogen) atoms. The molecule has 0 saturated carbocycles. The molecule has 0 saturated heterocycles. The number of rotatable bonds is 2. The molecule has 1 rings (SSSR count). The third-order valence-electron chi connectivity index (χ3n) is 1.64. The second-order valence-electron chi connectivity index (χ2n) is 2.43. The molecule has 3 heteroatoms. The molecule has 1 aromatic rings. The highest BCUT2D eigenvalue weighted by molar-refractivity contribution is 6.30.